The highest BCUT2D eigenvalue weighted by Gasteiger charge is 2.47. The molecule has 0 radical (unpaired) electrons. The first-order valence-corrected chi connectivity index (χ1v) is 11.7. The average Bonchev–Trinajstić information content (AvgIpc) is 3.48. The summed E-state index contributed by atoms with van der Waals surface area (Å²) >= 11 is 0. The van der Waals surface area contributed by atoms with Gasteiger partial charge in [0.2, 0.25) is 0 Å². The molecule has 3 atom stereocenters. The number of nitrogens with zero attached hydrogens (tertiary/aromatic N) is 4. The molecule has 4 N–H and O–H groups in total. The SMILES string of the molecule is N#C[C@@H]1C(C2Cc3ccccc3C2)N(C(=O)O)CC[C@@H]1n1cc(C(N)=O)c(Nc2ccc(F)cc2)n1. The number of aromatic nitrogens is 2. The van der Waals surface area contributed by atoms with E-state index in [9.17, 15) is 24.3 Å². The first-order chi connectivity index (χ1) is 17.4. The lowest BCUT2D eigenvalue weighted by molar-refractivity contribution is 0.0408. The van der Waals surface area contributed by atoms with Crippen LogP contribution in [0.4, 0.5) is 20.7 Å². The fraction of sp³-hybridized carbons (Fsp3) is 0.308. The number of nitriles is 1. The average molecular weight is 489 g/mol. The number of halogens is 1. The largest absolute Gasteiger partial charge is 0.465 e. The third kappa shape index (κ3) is 4.24. The highest BCUT2D eigenvalue weighted by atomic mass is 19.1. The molecule has 0 spiro atoms. The molecule has 1 saturated heterocycles. The van der Waals surface area contributed by atoms with Crippen LogP contribution in [0.15, 0.2) is 54.7 Å². The lowest BCUT2D eigenvalue weighted by atomic mass is 9.78. The van der Waals surface area contributed by atoms with Gasteiger partial charge in [-0.25, -0.2) is 9.18 Å². The predicted molar refractivity (Wildman–Crippen MR) is 129 cm³/mol. The Balaban J connectivity index is 1.48. The van der Waals surface area contributed by atoms with Gasteiger partial charge in [0.25, 0.3) is 5.91 Å². The lowest BCUT2D eigenvalue weighted by Gasteiger charge is -2.44. The fourth-order valence-electron chi connectivity index (χ4n) is 5.59. The highest BCUT2D eigenvalue weighted by molar-refractivity contribution is 5.98. The molecule has 2 heterocycles. The number of amides is 2. The van der Waals surface area contributed by atoms with Gasteiger partial charge < -0.3 is 21.1 Å². The van der Waals surface area contributed by atoms with Crippen molar-refractivity contribution in [2.24, 2.45) is 17.6 Å². The normalized spacial score (nSPS) is 21.6. The summed E-state index contributed by atoms with van der Waals surface area (Å²) in [4.78, 5) is 25.7. The number of hydrogen-bond donors (Lipinski definition) is 3. The van der Waals surface area contributed by atoms with E-state index >= 15 is 0 Å². The molecular formula is C26H25FN6O3. The monoisotopic (exact) mass is 488 g/mol. The molecule has 3 aromatic rings. The van der Waals surface area contributed by atoms with Crippen LogP contribution in [0.25, 0.3) is 0 Å². The number of fused-ring (bicyclic) bond motifs is 1. The molecule has 1 aromatic heterocycles. The number of carboxylic acid groups (broad SMARTS) is 1. The number of piperidine rings is 1. The minimum atomic E-state index is -1.05. The number of carbonyl (C=O) groups excluding carboxylic acids is 1. The van der Waals surface area contributed by atoms with Crippen molar-refractivity contribution in [3.8, 4) is 6.07 Å². The molecule has 2 amide bonds. The Morgan fingerprint density at radius 1 is 1.14 bits per heavy atom. The van der Waals surface area contributed by atoms with Gasteiger partial charge in [-0.3, -0.25) is 9.48 Å². The van der Waals surface area contributed by atoms with Gasteiger partial charge >= 0.3 is 6.09 Å². The van der Waals surface area contributed by atoms with Crippen LogP contribution in [0, 0.1) is 29.0 Å². The van der Waals surface area contributed by atoms with Crippen LogP contribution < -0.4 is 11.1 Å². The maximum Gasteiger partial charge on any atom is 0.407 e. The molecule has 1 unspecified atom stereocenters. The van der Waals surface area contributed by atoms with Gasteiger partial charge in [-0.2, -0.15) is 10.4 Å². The summed E-state index contributed by atoms with van der Waals surface area (Å²) in [6.45, 7) is 0.238. The second-order valence-corrected chi connectivity index (χ2v) is 9.28. The van der Waals surface area contributed by atoms with Gasteiger partial charge in [0.15, 0.2) is 5.82 Å². The number of nitrogens with two attached hydrogens (primary N) is 1. The second-order valence-electron chi connectivity index (χ2n) is 9.28. The van der Waals surface area contributed by atoms with Crippen molar-refractivity contribution in [2.45, 2.75) is 31.3 Å². The van der Waals surface area contributed by atoms with Crippen molar-refractivity contribution in [1.82, 2.24) is 14.7 Å². The summed E-state index contributed by atoms with van der Waals surface area (Å²) in [6, 6.07) is 15.0. The summed E-state index contributed by atoms with van der Waals surface area (Å²) in [5.74, 6) is -1.65. The Bertz CT molecular complexity index is 1320. The van der Waals surface area contributed by atoms with Gasteiger partial charge in [-0.1, -0.05) is 24.3 Å². The van der Waals surface area contributed by atoms with Gasteiger partial charge in [-0.05, 0) is 60.6 Å². The molecule has 2 aromatic carbocycles. The number of primary amides is 1. The molecule has 0 bridgehead atoms. The molecular weight excluding hydrogens is 463 g/mol. The van der Waals surface area contributed by atoms with E-state index in [0.29, 0.717) is 24.9 Å². The number of nitrogens with one attached hydrogen (secondary N) is 1. The second kappa shape index (κ2) is 9.34. The van der Waals surface area contributed by atoms with E-state index in [4.69, 9.17) is 5.73 Å². The van der Waals surface area contributed by atoms with Crippen molar-refractivity contribution < 1.29 is 19.1 Å². The zero-order chi connectivity index (χ0) is 25.4. The van der Waals surface area contributed by atoms with Gasteiger partial charge in [0.1, 0.15) is 11.4 Å². The lowest BCUT2D eigenvalue weighted by Crippen LogP contribution is -2.55. The van der Waals surface area contributed by atoms with Crippen LogP contribution in [-0.2, 0) is 12.8 Å². The van der Waals surface area contributed by atoms with Gasteiger partial charge in [0, 0.05) is 18.4 Å². The van der Waals surface area contributed by atoms with E-state index in [1.54, 1.807) is 4.68 Å². The Labute approximate surface area is 206 Å². The number of benzene rings is 2. The van der Waals surface area contributed by atoms with Crippen molar-refractivity contribution in [1.29, 1.82) is 5.26 Å². The molecule has 36 heavy (non-hydrogen) atoms. The molecule has 184 valence electrons. The zero-order valence-corrected chi connectivity index (χ0v) is 19.3. The van der Waals surface area contributed by atoms with Crippen LogP contribution in [0.1, 0.15) is 33.9 Å². The van der Waals surface area contributed by atoms with Gasteiger partial charge in [-0.15, -0.1) is 0 Å². The summed E-state index contributed by atoms with van der Waals surface area (Å²) < 4.78 is 14.9. The molecule has 5 rings (SSSR count). The molecule has 9 nitrogen and oxygen atoms in total. The van der Waals surface area contributed by atoms with Crippen LogP contribution in [0.3, 0.4) is 0 Å². The topological polar surface area (TPSA) is 137 Å². The minimum Gasteiger partial charge on any atom is -0.465 e. The molecule has 1 aliphatic carbocycles. The third-order valence-corrected chi connectivity index (χ3v) is 7.21. The smallest absolute Gasteiger partial charge is 0.407 e. The van der Waals surface area contributed by atoms with Crippen LogP contribution in [0.5, 0.6) is 0 Å². The van der Waals surface area contributed by atoms with Crippen LogP contribution in [0.2, 0.25) is 0 Å². The fourth-order valence-corrected chi connectivity index (χ4v) is 5.59. The number of rotatable bonds is 5. The third-order valence-electron chi connectivity index (χ3n) is 7.21. The Kier molecular flexibility index (Phi) is 6.06. The van der Waals surface area contributed by atoms with Crippen molar-refractivity contribution in [2.75, 3.05) is 11.9 Å². The molecule has 2 aliphatic rings. The molecule has 0 saturated carbocycles. The molecule has 10 heteroatoms. The molecule has 1 fully saturated rings. The van der Waals surface area contributed by atoms with Crippen molar-refractivity contribution >= 4 is 23.5 Å². The summed E-state index contributed by atoms with van der Waals surface area (Å²) in [5, 5.41) is 27.7. The number of anilines is 2. The number of likely N-dealkylation sites (tertiary alicyclic amines) is 1. The number of carbonyl (C=O) groups is 2. The van der Waals surface area contributed by atoms with E-state index in [0.717, 1.165) is 0 Å². The Morgan fingerprint density at radius 3 is 2.39 bits per heavy atom. The summed E-state index contributed by atoms with van der Waals surface area (Å²) in [5.41, 5.74) is 8.59. The Hall–Kier alpha value is -4.39. The maximum atomic E-state index is 13.3. The quantitative estimate of drug-likeness (QED) is 0.501. The first-order valence-electron chi connectivity index (χ1n) is 11.7. The van der Waals surface area contributed by atoms with Crippen LogP contribution >= 0.6 is 0 Å². The van der Waals surface area contributed by atoms with Gasteiger partial charge in [0.05, 0.1) is 24.1 Å². The van der Waals surface area contributed by atoms with E-state index < -0.39 is 35.8 Å². The first kappa shape index (κ1) is 23.4. The van der Waals surface area contributed by atoms with Crippen molar-refractivity contribution in [3.05, 3.63) is 77.2 Å². The van der Waals surface area contributed by atoms with Crippen molar-refractivity contribution in [3.63, 3.8) is 0 Å². The van der Waals surface area contributed by atoms with Crippen LogP contribution in [-0.4, -0.2) is 44.4 Å². The molecule has 1 aliphatic heterocycles. The summed E-state index contributed by atoms with van der Waals surface area (Å²) in [6.07, 6.45) is 2.19. The minimum absolute atomic E-state index is 0.0473. The van der Waals surface area contributed by atoms with E-state index in [1.165, 1.54) is 46.5 Å². The standard InChI is InChI=1S/C26H25FN6O3/c27-18-5-7-19(8-6-18)30-25-21(24(29)34)14-33(31-25)22-9-10-32(26(35)36)23(20(22)13-28)17-11-15-3-1-2-4-16(15)12-17/h1-8,14,17,20,22-23H,9-12H2,(H2,29,34)(H,30,31)(H,35,36)/t20-,22-,23?/m0/s1. The highest BCUT2D eigenvalue weighted by Crippen LogP contribution is 2.41. The maximum absolute atomic E-state index is 13.3. The Morgan fingerprint density at radius 2 is 1.81 bits per heavy atom. The predicted octanol–water partition coefficient (Wildman–Crippen LogP) is 3.71. The zero-order valence-electron chi connectivity index (χ0n) is 19.3. The van der Waals surface area contributed by atoms with E-state index in [1.807, 2.05) is 24.3 Å². The number of hydrogen-bond acceptors (Lipinski definition) is 5. The van der Waals surface area contributed by atoms with E-state index in [-0.39, 0.29) is 23.8 Å². The summed E-state index contributed by atoms with van der Waals surface area (Å²) in [7, 11) is 0. The van der Waals surface area contributed by atoms with E-state index in [2.05, 4.69) is 16.5 Å².